The number of halogens is 1. The first-order valence-corrected chi connectivity index (χ1v) is 8.41. The predicted octanol–water partition coefficient (Wildman–Crippen LogP) is 3.51. The summed E-state index contributed by atoms with van der Waals surface area (Å²) < 4.78 is 14.8. The summed E-state index contributed by atoms with van der Waals surface area (Å²) >= 11 is 1.44. The van der Waals surface area contributed by atoms with E-state index < -0.39 is 0 Å². The lowest BCUT2D eigenvalue weighted by atomic mass is 10.1. The number of nitrogens with one attached hydrogen (secondary N) is 1. The summed E-state index contributed by atoms with van der Waals surface area (Å²) in [5.41, 5.74) is 1.18. The Morgan fingerprint density at radius 1 is 1.36 bits per heavy atom. The fraction of sp³-hybridized carbons (Fsp3) is 0.375. The van der Waals surface area contributed by atoms with Gasteiger partial charge in [-0.1, -0.05) is 25.6 Å². The SMILES string of the molecule is CSc1ncc(C(=O)NCCC(C)C)n1-c1ccc(F)cc1. The molecule has 0 aliphatic heterocycles. The third-order valence-electron chi connectivity index (χ3n) is 3.24. The van der Waals surface area contributed by atoms with Gasteiger partial charge in [-0.3, -0.25) is 9.36 Å². The molecular weight excluding hydrogens is 301 g/mol. The Morgan fingerprint density at radius 3 is 2.64 bits per heavy atom. The summed E-state index contributed by atoms with van der Waals surface area (Å²) in [6.45, 7) is 4.85. The molecule has 22 heavy (non-hydrogen) atoms. The molecule has 1 N–H and O–H groups in total. The van der Waals surface area contributed by atoms with E-state index >= 15 is 0 Å². The Morgan fingerprint density at radius 2 is 2.05 bits per heavy atom. The molecule has 0 fully saturated rings. The highest BCUT2D eigenvalue weighted by molar-refractivity contribution is 7.98. The van der Waals surface area contributed by atoms with Crippen molar-refractivity contribution < 1.29 is 9.18 Å². The van der Waals surface area contributed by atoms with Crippen molar-refractivity contribution >= 4 is 17.7 Å². The first-order chi connectivity index (χ1) is 10.5. The molecule has 1 amide bonds. The zero-order valence-electron chi connectivity index (χ0n) is 13.0. The molecule has 4 nitrogen and oxygen atoms in total. The number of imidazole rings is 1. The number of carbonyl (C=O) groups excluding carboxylic acids is 1. The molecule has 1 aromatic carbocycles. The molecule has 0 aliphatic rings. The molecule has 0 radical (unpaired) electrons. The molecule has 0 spiro atoms. The van der Waals surface area contributed by atoms with Gasteiger partial charge < -0.3 is 5.32 Å². The van der Waals surface area contributed by atoms with Crippen LogP contribution in [-0.2, 0) is 0 Å². The van der Waals surface area contributed by atoms with Crippen molar-refractivity contribution in [1.82, 2.24) is 14.9 Å². The lowest BCUT2D eigenvalue weighted by Crippen LogP contribution is -2.27. The maximum atomic E-state index is 13.1. The average Bonchev–Trinajstić information content (AvgIpc) is 2.91. The van der Waals surface area contributed by atoms with Crippen LogP contribution in [0, 0.1) is 11.7 Å². The van der Waals surface area contributed by atoms with Gasteiger partial charge in [0, 0.05) is 12.2 Å². The van der Waals surface area contributed by atoms with E-state index in [0.717, 1.165) is 12.1 Å². The Balaban J connectivity index is 2.27. The van der Waals surface area contributed by atoms with Crippen molar-refractivity contribution in [2.24, 2.45) is 5.92 Å². The maximum absolute atomic E-state index is 13.1. The van der Waals surface area contributed by atoms with Crippen LogP contribution in [0.15, 0.2) is 35.6 Å². The zero-order chi connectivity index (χ0) is 16.1. The van der Waals surface area contributed by atoms with Crippen LogP contribution in [0.5, 0.6) is 0 Å². The lowest BCUT2D eigenvalue weighted by Gasteiger charge is -2.12. The number of thioether (sulfide) groups is 1. The standard InChI is InChI=1S/C16H20FN3OS/c1-11(2)8-9-18-15(21)14-10-19-16(22-3)20(14)13-6-4-12(17)5-7-13/h4-7,10-11H,8-9H2,1-3H3,(H,18,21). The topological polar surface area (TPSA) is 46.9 Å². The number of benzene rings is 1. The van der Waals surface area contributed by atoms with Crippen molar-refractivity contribution in [3.63, 3.8) is 0 Å². The van der Waals surface area contributed by atoms with E-state index in [1.807, 2.05) is 6.26 Å². The molecule has 118 valence electrons. The minimum absolute atomic E-state index is 0.169. The van der Waals surface area contributed by atoms with E-state index in [4.69, 9.17) is 0 Å². The molecule has 0 saturated heterocycles. The Labute approximate surface area is 134 Å². The molecule has 2 rings (SSSR count). The van der Waals surface area contributed by atoms with Crippen molar-refractivity contribution in [1.29, 1.82) is 0 Å². The van der Waals surface area contributed by atoms with Crippen LogP contribution >= 0.6 is 11.8 Å². The van der Waals surface area contributed by atoms with Crippen LogP contribution in [0.1, 0.15) is 30.8 Å². The summed E-state index contributed by atoms with van der Waals surface area (Å²) in [5, 5.41) is 3.60. The van der Waals surface area contributed by atoms with Gasteiger partial charge in [0.2, 0.25) is 0 Å². The molecule has 0 saturated carbocycles. The van der Waals surface area contributed by atoms with Gasteiger partial charge in [-0.05, 0) is 42.9 Å². The van der Waals surface area contributed by atoms with E-state index in [1.165, 1.54) is 23.9 Å². The first kappa shape index (κ1) is 16.5. The number of hydrogen-bond donors (Lipinski definition) is 1. The van der Waals surface area contributed by atoms with E-state index in [9.17, 15) is 9.18 Å². The normalized spacial score (nSPS) is 11.0. The van der Waals surface area contributed by atoms with Gasteiger partial charge in [0.25, 0.3) is 5.91 Å². The predicted molar refractivity (Wildman–Crippen MR) is 87.1 cm³/mol. The maximum Gasteiger partial charge on any atom is 0.269 e. The number of carbonyl (C=O) groups is 1. The van der Waals surface area contributed by atoms with Gasteiger partial charge in [-0.25, -0.2) is 9.37 Å². The number of hydrogen-bond acceptors (Lipinski definition) is 3. The van der Waals surface area contributed by atoms with Gasteiger partial charge in [0.15, 0.2) is 5.16 Å². The van der Waals surface area contributed by atoms with Crippen LogP contribution in [0.2, 0.25) is 0 Å². The molecule has 0 unspecified atom stereocenters. The van der Waals surface area contributed by atoms with E-state index in [1.54, 1.807) is 22.9 Å². The van der Waals surface area contributed by atoms with Crippen LogP contribution < -0.4 is 5.32 Å². The van der Waals surface area contributed by atoms with Crippen molar-refractivity contribution in [3.05, 3.63) is 42.0 Å². The molecule has 2 aromatic rings. The van der Waals surface area contributed by atoms with E-state index in [2.05, 4.69) is 24.1 Å². The van der Waals surface area contributed by atoms with Crippen LogP contribution in [-0.4, -0.2) is 28.3 Å². The number of amides is 1. The fourth-order valence-electron chi connectivity index (χ4n) is 2.04. The number of rotatable bonds is 6. The quantitative estimate of drug-likeness (QED) is 0.828. The third-order valence-corrected chi connectivity index (χ3v) is 3.89. The van der Waals surface area contributed by atoms with Gasteiger partial charge in [0.1, 0.15) is 11.5 Å². The van der Waals surface area contributed by atoms with Crippen molar-refractivity contribution in [2.75, 3.05) is 12.8 Å². The van der Waals surface area contributed by atoms with Gasteiger partial charge in [0.05, 0.1) is 6.20 Å². The molecular formula is C16H20FN3OS. The third kappa shape index (κ3) is 3.88. The largest absolute Gasteiger partial charge is 0.351 e. The van der Waals surface area contributed by atoms with Crippen LogP contribution in [0.3, 0.4) is 0 Å². The summed E-state index contributed by atoms with van der Waals surface area (Å²) in [6.07, 6.45) is 4.37. The zero-order valence-corrected chi connectivity index (χ0v) is 13.8. The van der Waals surface area contributed by atoms with Gasteiger partial charge in [-0.15, -0.1) is 0 Å². The average molecular weight is 321 g/mol. The molecule has 0 aliphatic carbocycles. The monoisotopic (exact) mass is 321 g/mol. The number of nitrogens with zero attached hydrogens (tertiary/aromatic N) is 2. The summed E-state index contributed by atoms with van der Waals surface area (Å²) in [6, 6.07) is 6.03. The second kappa shape index (κ2) is 7.45. The molecule has 0 atom stereocenters. The number of aromatic nitrogens is 2. The highest BCUT2D eigenvalue weighted by atomic mass is 32.2. The Bertz CT molecular complexity index is 637. The van der Waals surface area contributed by atoms with Crippen molar-refractivity contribution in [3.8, 4) is 5.69 Å². The summed E-state index contributed by atoms with van der Waals surface area (Å²) in [5.74, 6) is 0.0549. The van der Waals surface area contributed by atoms with E-state index in [0.29, 0.717) is 23.3 Å². The molecule has 0 bridgehead atoms. The highest BCUT2D eigenvalue weighted by Gasteiger charge is 2.17. The molecule has 1 heterocycles. The summed E-state index contributed by atoms with van der Waals surface area (Å²) in [7, 11) is 0. The minimum Gasteiger partial charge on any atom is -0.351 e. The van der Waals surface area contributed by atoms with Crippen molar-refractivity contribution in [2.45, 2.75) is 25.4 Å². The lowest BCUT2D eigenvalue weighted by molar-refractivity contribution is 0.0944. The Hall–Kier alpha value is -1.82. The van der Waals surface area contributed by atoms with Gasteiger partial charge in [-0.2, -0.15) is 0 Å². The second-order valence-corrected chi connectivity index (χ2v) is 6.15. The van der Waals surface area contributed by atoms with E-state index in [-0.39, 0.29) is 11.7 Å². The molecule has 6 heteroatoms. The minimum atomic E-state index is -0.308. The van der Waals surface area contributed by atoms with Crippen LogP contribution in [0.25, 0.3) is 5.69 Å². The second-order valence-electron chi connectivity index (χ2n) is 5.38. The highest BCUT2D eigenvalue weighted by Crippen LogP contribution is 2.22. The van der Waals surface area contributed by atoms with Crippen LogP contribution in [0.4, 0.5) is 4.39 Å². The molecule has 1 aromatic heterocycles. The smallest absolute Gasteiger partial charge is 0.269 e. The van der Waals surface area contributed by atoms with Gasteiger partial charge >= 0.3 is 0 Å². The fourth-order valence-corrected chi connectivity index (χ4v) is 2.59. The summed E-state index contributed by atoms with van der Waals surface area (Å²) in [4.78, 5) is 16.6. The first-order valence-electron chi connectivity index (χ1n) is 7.18. The Kier molecular flexibility index (Phi) is 5.60.